The molecule has 5 heteroatoms. The molecule has 2 aromatic carbocycles. The largest absolute Gasteiger partial charge is 0.300 e. The van der Waals surface area contributed by atoms with Crippen LogP contribution >= 0.6 is 0 Å². The Morgan fingerprint density at radius 2 is 0.880 bits per heavy atom. The van der Waals surface area contributed by atoms with Gasteiger partial charge in [0.25, 0.3) is 0 Å². The topological polar surface area (TPSA) is 68.3 Å². The van der Waals surface area contributed by atoms with E-state index in [-0.39, 0.29) is 53.0 Å². The number of hydrogen-bond acceptors (Lipinski definition) is 4. The molecule has 2 aromatic rings. The fourth-order valence-electron chi connectivity index (χ4n) is 1.90. The minimum Gasteiger partial charge on any atom is -0.300 e. The summed E-state index contributed by atoms with van der Waals surface area (Å²) in [6, 6.07) is 17.7. The number of rotatable bonds is 6. The molecule has 0 unspecified atom stereocenters. The second kappa shape index (κ2) is 12.1. The van der Waals surface area contributed by atoms with E-state index < -0.39 is 0 Å². The molecule has 0 aliphatic heterocycles. The van der Waals surface area contributed by atoms with Crippen LogP contribution in [0.5, 0.6) is 0 Å². The summed E-state index contributed by atoms with van der Waals surface area (Å²) in [5.41, 5.74) is 1.21. The van der Waals surface area contributed by atoms with Crippen molar-refractivity contribution in [1.82, 2.24) is 0 Å². The van der Waals surface area contributed by atoms with E-state index in [1.807, 2.05) is 12.1 Å². The molecule has 0 aliphatic carbocycles. The predicted molar refractivity (Wildman–Crippen MR) is 92.1 cm³/mol. The van der Waals surface area contributed by atoms with Crippen LogP contribution < -0.4 is 0 Å². The Kier molecular flexibility index (Phi) is 10.9. The summed E-state index contributed by atoms with van der Waals surface area (Å²) >= 11 is 0. The Hall–Kier alpha value is -2.36. The maximum atomic E-state index is 11.2. The molecule has 0 bridgehead atoms. The van der Waals surface area contributed by atoms with Gasteiger partial charge in [-0.15, -0.1) is 0 Å². The van der Waals surface area contributed by atoms with Crippen LogP contribution in [0.25, 0.3) is 0 Å². The molecule has 4 nitrogen and oxygen atoms in total. The first-order chi connectivity index (χ1) is 11.4. The van der Waals surface area contributed by atoms with Gasteiger partial charge in [-0.2, -0.15) is 0 Å². The average Bonchev–Trinajstić information content (AvgIpc) is 2.56. The Balaban J connectivity index is 0.000000443. The minimum atomic E-state index is -0.108. The van der Waals surface area contributed by atoms with Gasteiger partial charge in [0.1, 0.15) is 11.6 Å². The molecule has 0 heterocycles. The summed E-state index contributed by atoms with van der Waals surface area (Å²) in [6.45, 7) is 2.84. The maximum Gasteiger partial charge on any atom is 0.170 e. The zero-order chi connectivity index (χ0) is 17.9. The van der Waals surface area contributed by atoms with Crippen molar-refractivity contribution in [1.29, 1.82) is 0 Å². The maximum absolute atomic E-state index is 11.2. The molecular formula is C20H20CuO4. The summed E-state index contributed by atoms with van der Waals surface area (Å²) < 4.78 is 0. The third-order valence-electron chi connectivity index (χ3n) is 3.01. The molecule has 0 aliphatic rings. The van der Waals surface area contributed by atoms with Gasteiger partial charge in [-0.3, -0.25) is 19.2 Å². The van der Waals surface area contributed by atoms with Gasteiger partial charge < -0.3 is 0 Å². The van der Waals surface area contributed by atoms with E-state index in [2.05, 4.69) is 0 Å². The average molecular weight is 388 g/mol. The van der Waals surface area contributed by atoms with E-state index in [4.69, 9.17) is 0 Å². The molecule has 0 N–H and O–H groups in total. The molecule has 25 heavy (non-hydrogen) atoms. The van der Waals surface area contributed by atoms with Crippen LogP contribution in [0.15, 0.2) is 60.7 Å². The van der Waals surface area contributed by atoms with Crippen LogP contribution in [-0.2, 0) is 26.7 Å². The molecule has 1 radical (unpaired) electrons. The SMILES string of the molecule is CC(=O)CC(=O)c1ccccc1.CC(=O)CC(=O)c1ccccc1.[Cu]. The number of carbonyl (C=O) groups is 4. The monoisotopic (exact) mass is 387 g/mol. The molecule has 0 spiro atoms. The molecule has 0 atom stereocenters. The van der Waals surface area contributed by atoms with Crippen molar-refractivity contribution in [2.75, 3.05) is 0 Å². The van der Waals surface area contributed by atoms with Gasteiger partial charge >= 0.3 is 0 Å². The van der Waals surface area contributed by atoms with Crippen LogP contribution in [-0.4, -0.2) is 23.1 Å². The van der Waals surface area contributed by atoms with Crippen LogP contribution in [0.4, 0.5) is 0 Å². The van der Waals surface area contributed by atoms with Gasteiger partial charge in [0.15, 0.2) is 11.6 Å². The quantitative estimate of drug-likeness (QED) is 0.430. The second-order valence-corrected chi connectivity index (χ2v) is 5.34. The van der Waals surface area contributed by atoms with Gasteiger partial charge in [0.05, 0.1) is 12.8 Å². The summed E-state index contributed by atoms with van der Waals surface area (Å²) in [4.78, 5) is 43.7. The molecule has 0 fully saturated rings. The van der Waals surface area contributed by atoms with Gasteiger partial charge in [0.2, 0.25) is 0 Å². The van der Waals surface area contributed by atoms with Gasteiger partial charge in [-0.1, -0.05) is 60.7 Å². The molecular weight excluding hydrogens is 368 g/mol. The Labute approximate surface area is 158 Å². The van der Waals surface area contributed by atoms with Crippen molar-refractivity contribution < 1.29 is 36.2 Å². The fourth-order valence-corrected chi connectivity index (χ4v) is 1.90. The van der Waals surface area contributed by atoms with E-state index >= 15 is 0 Å². The zero-order valence-electron chi connectivity index (χ0n) is 14.1. The van der Waals surface area contributed by atoms with Crippen molar-refractivity contribution in [3.05, 3.63) is 71.8 Å². The van der Waals surface area contributed by atoms with Gasteiger partial charge in [0, 0.05) is 28.2 Å². The predicted octanol–water partition coefficient (Wildman–Crippen LogP) is 3.69. The first-order valence-electron chi connectivity index (χ1n) is 7.55. The van der Waals surface area contributed by atoms with Gasteiger partial charge in [-0.25, -0.2) is 0 Å². The smallest absolute Gasteiger partial charge is 0.170 e. The van der Waals surface area contributed by atoms with Crippen molar-refractivity contribution in [2.24, 2.45) is 0 Å². The van der Waals surface area contributed by atoms with Crippen molar-refractivity contribution in [3.8, 4) is 0 Å². The van der Waals surface area contributed by atoms with Crippen LogP contribution in [0, 0.1) is 0 Å². The summed E-state index contributed by atoms with van der Waals surface area (Å²) in [5, 5.41) is 0. The number of ketones is 4. The number of Topliss-reactive ketones (excluding diaryl/α,β-unsaturated/α-hetero) is 4. The van der Waals surface area contributed by atoms with E-state index in [1.54, 1.807) is 48.5 Å². The Bertz CT molecular complexity index is 645. The van der Waals surface area contributed by atoms with E-state index in [0.717, 1.165) is 0 Å². The Morgan fingerprint density at radius 1 is 0.600 bits per heavy atom. The van der Waals surface area contributed by atoms with Crippen molar-refractivity contribution >= 4 is 23.1 Å². The van der Waals surface area contributed by atoms with Gasteiger partial charge in [-0.05, 0) is 13.8 Å². The number of hydrogen-bond donors (Lipinski definition) is 0. The molecule has 0 aromatic heterocycles. The minimum absolute atomic E-state index is 0. The summed E-state index contributed by atoms with van der Waals surface area (Å²) in [5.74, 6) is -0.404. The number of carbonyl (C=O) groups excluding carboxylic acids is 4. The zero-order valence-corrected chi connectivity index (χ0v) is 15.1. The first kappa shape index (κ1) is 22.6. The molecule has 135 valence electrons. The van der Waals surface area contributed by atoms with Crippen LogP contribution in [0.1, 0.15) is 47.4 Å². The number of benzene rings is 2. The third kappa shape index (κ3) is 9.50. The molecule has 0 saturated heterocycles. The molecule has 0 saturated carbocycles. The van der Waals surface area contributed by atoms with Crippen LogP contribution in [0.3, 0.4) is 0 Å². The van der Waals surface area contributed by atoms with E-state index in [9.17, 15) is 19.2 Å². The standard InChI is InChI=1S/2C10H10O2.Cu/c2*1-8(11)7-10(12)9-5-3-2-4-6-9;/h2*2-6H,7H2,1H3;. The molecule has 0 amide bonds. The normalized spacial score (nSPS) is 9.04. The van der Waals surface area contributed by atoms with Crippen LogP contribution in [0.2, 0.25) is 0 Å². The van der Waals surface area contributed by atoms with Crippen molar-refractivity contribution in [2.45, 2.75) is 26.7 Å². The van der Waals surface area contributed by atoms with E-state index in [1.165, 1.54) is 13.8 Å². The summed E-state index contributed by atoms with van der Waals surface area (Å²) in [6.07, 6.45) is 0.00796. The molecule has 2 rings (SSSR count). The third-order valence-corrected chi connectivity index (χ3v) is 3.01. The first-order valence-corrected chi connectivity index (χ1v) is 7.55. The van der Waals surface area contributed by atoms with Crippen molar-refractivity contribution in [3.63, 3.8) is 0 Å². The summed E-state index contributed by atoms with van der Waals surface area (Å²) in [7, 11) is 0. The fraction of sp³-hybridized carbons (Fsp3) is 0.200. The van der Waals surface area contributed by atoms with E-state index in [0.29, 0.717) is 11.1 Å². The Morgan fingerprint density at radius 3 is 1.12 bits per heavy atom. The second-order valence-electron chi connectivity index (χ2n) is 5.34.